The number of ketones is 2. The summed E-state index contributed by atoms with van der Waals surface area (Å²) in [6.07, 6.45) is 33.0. The first-order valence-corrected chi connectivity index (χ1v) is 47.4. The monoisotopic (exact) mass is 1970 g/mol. The smallest absolute Gasteiger partial charge is 0.168 e. The number of ether oxygens (including phenoxy) is 6. The third-order valence-electron chi connectivity index (χ3n) is 26.9. The number of fused-ring (bicyclic) bond motifs is 6. The molecule has 9 fully saturated rings. The van der Waals surface area contributed by atoms with E-state index in [1.165, 1.54) is 217 Å². The predicted molar refractivity (Wildman–Crippen MR) is 528 cm³/mol. The van der Waals surface area contributed by atoms with Crippen LogP contribution < -0.4 is 46.2 Å². The molecule has 18 nitrogen and oxygen atoms in total. The van der Waals surface area contributed by atoms with Gasteiger partial charge in [-0.25, -0.2) is 0 Å². The van der Waals surface area contributed by atoms with Crippen molar-refractivity contribution >= 4 is 142 Å². The van der Waals surface area contributed by atoms with Gasteiger partial charge in [0.15, 0.2) is 17.4 Å². The Balaban J connectivity index is 0.000000176. The van der Waals surface area contributed by atoms with Gasteiger partial charge in [0.25, 0.3) is 0 Å². The van der Waals surface area contributed by atoms with Crippen molar-refractivity contribution in [1.82, 2.24) is 10.6 Å². The number of Topliss-reactive ketones (excluding diaryl/α,β-unsaturated/α-hetero) is 2. The molecule has 3 saturated heterocycles. The second kappa shape index (κ2) is 50.5. The molecule has 0 amide bonds. The van der Waals surface area contributed by atoms with E-state index in [-0.39, 0.29) is 59.5 Å². The molecule has 122 heavy (non-hydrogen) atoms. The second-order valence-electron chi connectivity index (χ2n) is 33.6. The Bertz CT molecular complexity index is 4060. The van der Waals surface area contributed by atoms with Crippen LogP contribution in [0.25, 0.3) is 0 Å². The van der Waals surface area contributed by atoms with E-state index in [4.69, 9.17) is 28.4 Å². The number of nitrogens with two attached hydrogens (primary N) is 1. The first kappa shape index (κ1) is 103. The van der Waals surface area contributed by atoms with Gasteiger partial charge in [-0.2, -0.15) is 0 Å². The van der Waals surface area contributed by atoms with Crippen molar-refractivity contribution in [2.45, 2.75) is 282 Å². The van der Waals surface area contributed by atoms with Crippen molar-refractivity contribution in [1.29, 1.82) is 0 Å². The molecule has 21 rings (SSSR count). The summed E-state index contributed by atoms with van der Waals surface area (Å²) in [5.74, 6) is -0.0474. The number of para-hydroxylation sites is 2. The van der Waals surface area contributed by atoms with Crippen molar-refractivity contribution in [3.05, 3.63) is 173 Å². The fraction of sp³-hybridized carbons (Fsp3) is 0.608. The van der Waals surface area contributed by atoms with Gasteiger partial charge in [0, 0.05) is 198 Å². The molecule has 6 saturated carbocycles. The number of halogens is 5. The van der Waals surface area contributed by atoms with Crippen molar-refractivity contribution in [3.63, 3.8) is 0 Å². The topological polar surface area (TPSA) is 180 Å². The molecule has 1 radical (unpaired) electrons. The Morgan fingerprint density at radius 3 is 0.992 bits per heavy atom. The molecule has 673 valence electrons. The predicted octanol–water partition coefficient (Wildman–Crippen LogP) is 21.5. The Morgan fingerprint density at radius 1 is 0.377 bits per heavy atom. The van der Waals surface area contributed by atoms with E-state index in [0.717, 1.165) is 145 Å². The number of nitrogens with one attached hydrogen (secondary N) is 3. The standard InChI is InChI=1S/C16H20BrNO2.C16H21NO2.2C15H21BrN2.C14H16BrNO.C8H9N.C8H12O3.CH5N.4CH4.BHNS.ClH/c17-13-1-2-15-12(11-13)5-8-18(15)14-3-6-16(7-4-14)19-9-10-20-16;1-2-4-15-13(3-1)7-10-17(15)14-5-8-16(9-6-14)18-11-12-19-16;2*1-17-13-3-5-14(6-4-13)18-9-8-11-10-12(16)2-7-15(11)18;15-11-1-6-14-10(9-11)7-8-16(14)12-2-4-13(17)5-3-12;1-2-4-8-7(3-1)5-6-9-8;9-7-1-3-8(4-2-7)10-5-6-11-8;1-2;;;;;1-2-3;/h1-2,11,14H,3-10H2;1-4,14H,5-12H2;2*2,7,10,13-14,17H,3-6,8-9H2,1H3;1,6,9,12H,2-5,7-8H2;1-4,9H,5-6H2;1-6H2;2H2,1H3;4*1H4;3H;1H. The van der Waals surface area contributed by atoms with E-state index < -0.39 is 0 Å². The number of thiol groups is 1. The summed E-state index contributed by atoms with van der Waals surface area (Å²) < 4.78 is 41.7. The van der Waals surface area contributed by atoms with Gasteiger partial charge >= 0.3 is 24.8 Å². The molecular weight excluding hydrogens is 1830 g/mol. The van der Waals surface area contributed by atoms with Crippen LogP contribution in [0.5, 0.6) is 0 Å². The SMILES string of the molecule is Brc1ccc2c(c1)CCN2C1CCC2(CC1)OCCO2.C.C.C.C.CN.CNC1CCC(N2CCc3cc(Br)ccc32)CC1.CNC1CCC(N2CCc3cc(Br)ccc32)CC1.Cl.O=C1CCC(N2CCc3cc(Br)ccc32)CC1.O=C1CCC2(CC1)OCCO2.[B]=NS.c1ccc2c(c1)CCN2.c1ccc2c(c1)CCN2C1CCC2(CC1)OCCO2. The maximum absolute atomic E-state index is 11.3. The van der Waals surface area contributed by atoms with Crippen LogP contribution in [0, 0.1) is 0 Å². The largest absolute Gasteiger partial charge is 0.384 e. The normalized spacial score (nSPS) is 23.5. The first-order valence-electron chi connectivity index (χ1n) is 43.8. The van der Waals surface area contributed by atoms with Crippen LogP contribution in [0.4, 0.5) is 34.1 Å². The van der Waals surface area contributed by atoms with Crippen LogP contribution in [0.3, 0.4) is 0 Å². The summed E-state index contributed by atoms with van der Waals surface area (Å²) in [5.41, 5.74) is 22.0. The summed E-state index contributed by atoms with van der Waals surface area (Å²) in [7, 11) is 10.0. The number of hydrogen-bond donors (Lipinski definition) is 5. The fourth-order valence-electron chi connectivity index (χ4n) is 20.6. The number of anilines is 6. The molecule has 0 unspecified atom stereocenters. The van der Waals surface area contributed by atoms with Gasteiger partial charge in [0.05, 0.1) is 39.6 Å². The van der Waals surface area contributed by atoms with Gasteiger partial charge in [-0.1, -0.05) is 130 Å². The molecule has 5 N–H and O–H groups in total. The minimum absolute atomic E-state index is 0. The van der Waals surface area contributed by atoms with E-state index in [9.17, 15) is 9.59 Å². The van der Waals surface area contributed by atoms with Gasteiger partial charge in [-0.3, -0.25) is 9.59 Å². The Hall–Kier alpha value is -4.48. The maximum atomic E-state index is 11.3. The van der Waals surface area contributed by atoms with Gasteiger partial charge < -0.3 is 74.6 Å². The molecule has 6 aromatic rings. The van der Waals surface area contributed by atoms with Crippen molar-refractivity contribution in [3.8, 4) is 0 Å². The van der Waals surface area contributed by atoms with Crippen molar-refractivity contribution in [2.75, 3.05) is 130 Å². The Kier molecular flexibility index (Phi) is 42.6. The van der Waals surface area contributed by atoms with Crippen LogP contribution >= 0.6 is 88.9 Å². The summed E-state index contributed by atoms with van der Waals surface area (Å²) in [4.78, 5) is 35.2. The van der Waals surface area contributed by atoms with E-state index >= 15 is 0 Å². The summed E-state index contributed by atoms with van der Waals surface area (Å²) in [6.45, 7) is 11.4. The molecule has 9 aliphatic heterocycles. The number of hydrogen-bond acceptors (Lipinski definition) is 19. The molecule has 9 heterocycles. The third-order valence-corrected chi connectivity index (χ3v) is 28.9. The molecule has 6 aromatic carbocycles. The molecule has 0 atom stereocenters. The van der Waals surface area contributed by atoms with Crippen LogP contribution in [0.1, 0.15) is 217 Å². The third kappa shape index (κ3) is 26.9. The zero-order chi connectivity index (χ0) is 81.7. The van der Waals surface area contributed by atoms with E-state index in [1.54, 1.807) is 0 Å². The van der Waals surface area contributed by atoms with Crippen LogP contribution in [-0.2, 0) is 76.5 Å². The molecular formula is C97H143BBr4ClN10O8S. The number of carbonyl (C=O) groups excluding carboxylic acids is 2. The van der Waals surface area contributed by atoms with E-state index in [0.29, 0.717) is 55.7 Å². The molecule has 0 bridgehead atoms. The quantitative estimate of drug-likeness (QED) is 0.0752. The zero-order valence-electron chi connectivity index (χ0n) is 69.8. The van der Waals surface area contributed by atoms with Crippen LogP contribution in [-0.4, -0.2) is 179 Å². The van der Waals surface area contributed by atoms with Gasteiger partial charge in [-0.15, -0.1) is 12.4 Å². The molecule has 15 aliphatic rings. The Morgan fingerprint density at radius 2 is 0.656 bits per heavy atom. The number of nitrogens with zero attached hydrogens (tertiary/aromatic N) is 6. The average Bonchev–Trinajstić information content (AvgIpc) is 1.63. The summed E-state index contributed by atoms with van der Waals surface area (Å²) >= 11 is 17.4. The second-order valence-corrected chi connectivity index (χ2v) is 37.5. The summed E-state index contributed by atoms with van der Waals surface area (Å²) in [5, 5.41) is 10.1. The van der Waals surface area contributed by atoms with Gasteiger partial charge in [0.1, 0.15) is 11.6 Å². The zero-order valence-corrected chi connectivity index (χ0v) is 77.8. The summed E-state index contributed by atoms with van der Waals surface area (Å²) in [6, 6.07) is 49.0. The van der Waals surface area contributed by atoms with Gasteiger partial charge in [-0.05, 0) is 268 Å². The minimum atomic E-state index is -0.367. The number of carbonyl (C=O) groups is 2. The molecule has 0 aromatic heterocycles. The molecule has 6 aliphatic carbocycles. The van der Waals surface area contributed by atoms with Crippen LogP contribution in [0.2, 0.25) is 0 Å². The fourth-order valence-corrected chi connectivity index (χ4v) is 22.3. The number of benzene rings is 6. The van der Waals surface area contributed by atoms with Crippen LogP contribution in [0.15, 0.2) is 144 Å². The van der Waals surface area contributed by atoms with E-state index in [2.05, 4.69) is 270 Å². The molecule has 25 heteroatoms. The van der Waals surface area contributed by atoms with Crippen molar-refractivity contribution < 1.29 is 38.0 Å². The molecule has 3 spiro atoms. The number of rotatable bonds is 7. The Labute approximate surface area is 779 Å². The van der Waals surface area contributed by atoms with Gasteiger partial charge in [0.2, 0.25) is 0 Å². The maximum Gasteiger partial charge on any atom is 0.168 e. The first-order chi connectivity index (χ1) is 57.1. The minimum Gasteiger partial charge on any atom is -0.384 e. The average molecular weight is 1980 g/mol. The van der Waals surface area contributed by atoms with E-state index in [1.807, 2.05) is 0 Å². The van der Waals surface area contributed by atoms with Crippen molar-refractivity contribution in [2.24, 2.45) is 10.0 Å².